The molecule has 15 heavy (non-hydrogen) atoms. The zero-order chi connectivity index (χ0) is 10.5. The van der Waals surface area contributed by atoms with Crippen molar-refractivity contribution < 1.29 is 0 Å². The molecule has 0 aromatic carbocycles. The van der Waals surface area contributed by atoms with Crippen molar-refractivity contribution in [2.24, 2.45) is 4.99 Å². The van der Waals surface area contributed by atoms with Crippen molar-refractivity contribution in [1.29, 1.82) is 0 Å². The van der Waals surface area contributed by atoms with E-state index in [1.165, 1.54) is 12.4 Å². The first-order valence-corrected chi connectivity index (χ1v) is 4.22. The smallest absolute Gasteiger partial charge is 0.288 e. The van der Waals surface area contributed by atoms with Crippen LogP contribution < -0.4 is 5.69 Å². The molecular weight excluding hydrogens is 194 g/mol. The fourth-order valence-corrected chi connectivity index (χ4v) is 0.956. The van der Waals surface area contributed by atoms with E-state index >= 15 is 0 Å². The lowest BCUT2D eigenvalue weighted by molar-refractivity contribution is 0.913. The molecule has 1 N–H and O–H groups in total. The number of H-pyrrole nitrogens is 1. The first-order chi connectivity index (χ1) is 7.34. The van der Waals surface area contributed by atoms with Crippen LogP contribution in [0.5, 0.6) is 0 Å². The van der Waals surface area contributed by atoms with Gasteiger partial charge in [0.25, 0.3) is 0 Å². The molecule has 0 aliphatic heterocycles. The maximum Gasteiger partial charge on any atom is 0.365 e. The number of rotatable bonds is 2. The lowest BCUT2D eigenvalue weighted by Gasteiger charge is -1.91. The van der Waals surface area contributed by atoms with Crippen LogP contribution in [0.25, 0.3) is 0 Å². The SMILES string of the molecule is O=c1nncc(N=Cc2ccccn2)[nH]1. The van der Waals surface area contributed by atoms with Crippen LogP contribution in [0.1, 0.15) is 5.69 Å². The standard InChI is InChI=1S/C9H7N5O/c15-9-13-8(6-12-14-9)11-5-7-3-1-2-4-10-7/h1-6H,(H,13,14,15). The van der Waals surface area contributed by atoms with Crippen molar-refractivity contribution in [3.63, 3.8) is 0 Å². The topological polar surface area (TPSA) is 83.9 Å². The molecule has 2 aromatic rings. The number of nitrogens with one attached hydrogen (secondary N) is 1. The van der Waals surface area contributed by atoms with Gasteiger partial charge in [-0.05, 0) is 12.1 Å². The van der Waals surface area contributed by atoms with E-state index in [9.17, 15) is 4.79 Å². The Morgan fingerprint density at radius 3 is 3.07 bits per heavy atom. The van der Waals surface area contributed by atoms with Gasteiger partial charge in [0.2, 0.25) is 0 Å². The lowest BCUT2D eigenvalue weighted by Crippen LogP contribution is -2.10. The highest BCUT2D eigenvalue weighted by Gasteiger charge is 1.90. The Morgan fingerprint density at radius 1 is 1.40 bits per heavy atom. The average molecular weight is 201 g/mol. The van der Waals surface area contributed by atoms with Gasteiger partial charge in [-0.3, -0.25) is 9.97 Å². The highest BCUT2D eigenvalue weighted by Crippen LogP contribution is 1.99. The summed E-state index contributed by atoms with van der Waals surface area (Å²) in [6.07, 6.45) is 4.56. The van der Waals surface area contributed by atoms with Gasteiger partial charge in [-0.1, -0.05) is 11.2 Å². The van der Waals surface area contributed by atoms with Crippen molar-refractivity contribution in [3.05, 3.63) is 46.8 Å². The molecule has 2 aromatic heterocycles. The summed E-state index contributed by atoms with van der Waals surface area (Å²) in [6, 6.07) is 5.46. The van der Waals surface area contributed by atoms with Crippen LogP contribution in [0.4, 0.5) is 5.82 Å². The maximum absolute atomic E-state index is 10.8. The normalized spacial score (nSPS) is 10.7. The summed E-state index contributed by atoms with van der Waals surface area (Å²) < 4.78 is 0. The molecule has 2 rings (SSSR count). The fourth-order valence-electron chi connectivity index (χ4n) is 0.956. The summed E-state index contributed by atoms with van der Waals surface area (Å²) in [7, 11) is 0. The Balaban J connectivity index is 2.23. The summed E-state index contributed by atoms with van der Waals surface area (Å²) >= 11 is 0. The van der Waals surface area contributed by atoms with Crippen molar-refractivity contribution >= 4 is 12.0 Å². The highest BCUT2D eigenvalue weighted by atomic mass is 16.1. The monoisotopic (exact) mass is 201 g/mol. The Morgan fingerprint density at radius 2 is 2.33 bits per heavy atom. The Labute approximate surface area is 84.8 Å². The summed E-state index contributed by atoms with van der Waals surface area (Å²) in [5.74, 6) is 0.348. The number of aliphatic imine (C=N–C) groups is 1. The van der Waals surface area contributed by atoms with E-state index in [1.807, 2.05) is 12.1 Å². The lowest BCUT2D eigenvalue weighted by atomic mass is 10.4. The number of hydrogen-bond acceptors (Lipinski definition) is 5. The van der Waals surface area contributed by atoms with Gasteiger partial charge in [-0.15, -0.1) is 5.10 Å². The van der Waals surface area contributed by atoms with Crippen LogP contribution in [0, 0.1) is 0 Å². The molecule has 0 spiro atoms. The van der Waals surface area contributed by atoms with Crippen molar-refractivity contribution in [1.82, 2.24) is 20.2 Å². The Hall–Kier alpha value is -2.37. The van der Waals surface area contributed by atoms with E-state index in [-0.39, 0.29) is 0 Å². The summed E-state index contributed by atoms with van der Waals surface area (Å²) in [5.41, 5.74) is 0.181. The molecule has 0 bridgehead atoms. The van der Waals surface area contributed by atoms with E-state index in [0.29, 0.717) is 11.5 Å². The molecule has 0 aliphatic rings. The van der Waals surface area contributed by atoms with Crippen LogP contribution in [0.3, 0.4) is 0 Å². The number of aromatic nitrogens is 4. The highest BCUT2D eigenvalue weighted by molar-refractivity contribution is 5.78. The van der Waals surface area contributed by atoms with E-state index in [0.717, 1.165) is 0 Å². The second-order valence-corrected chi connectivity index (χ2v) is 2.67. The molecule has 0 saturated carbocycles. The molecule has 0 fully saturated rings. The minimum atomic E-state index is -0.523. The van der Waals surface area contributed by atoms with Crippen LogP contribution in [0.2, 0.25) is 0 Å². The Kier molecular flexibility index (Phi) is 2.59. The summed E-state index contributed by atoms with van der Waals surface area (Å²) in [4.78, 5) is 21.2. The molecule has 0 unspecified atom stereocenters. The van der Waals surface area contributed by atoms with E-state index < -0.39 is 5.69 Å². The van der Waals surface area contributed by atoms with E-state index in [2.05, 4.69) is 25.2 Å². The van der Waals surface area contributed by atoms with Gasteiger partial charge in [0.05, 0.1) is 18.1 Å². The third-order valence-electron chi connectivity index (χ3n) is 1.59. The molecule has 6 nitrogen and oxygen atoms in total. The molecule has 0 atom stereocenters. The second-order valence-electron chi connectivity index (χ2n) is 2.67. The molecule has 0 radical (unpaired) electrons. The van der Waals surface area contributed by atoms with Crippen LogP contribution in [-0.2, 0) is 0 Å². The van der Waals surface area contributed by atoms with Crippen LogP contribution in [-0.4, -0.2) is 26.4 Å². The minimum absolute atomic E-state index is 0.348. The van der Waals surface area contributed by atoms with Gasteiger partial charge in [0, 0.05) is 6.20 Å². The largest absolute Gasteiger partial charge is 0.365 e. The molecule has 6 heteroatoms. The van der Waals surface area contributed by atoms with Crippen LogP contribution in [0.15, 0.2) is 40.4 Å². The molecule has 0 saturated heterocycles. The predicted molar refractivity (Wildman–Crippen MR) is 54.1 cm³/mol. The third-order valence-corrected chi connectivity index (χ3v) is 1.59. The van der Waals surface area contributed by atoms with Gasteiger partial charge >= 0.3 is 5.69 Å². The summed E-state index contributed by atoms with van der Waals surface area (Å²) in [5, 5.41) is 6.71. The van der Waals surface area contributed by atoms with Crippen molar-refractivity contribution in [2.75, 3.05) is 0 Å². The quantitative estimate of drug-likeness (QED) is 0.708. The molecule has 0 amide bonds. The maximum atomic E-state index is 10.8. The Bertz CT molecular complexity index is 519. The van der Waals surface area contributed by atoms with E-state index in [1.54, 1.807) is 12.3 Å². The number of aromatic amines is 1. The molecule has 2 heterocycles. The molecule has 74 valence electrons. The van der Waals surface area contributed by atoms with Gasteiger partial charge in [-0.25, -0.2) is 9.79 Å². The van der Waals surface area contributed by atoms with Crippen LogP contribution >= 0.6 is 0 Å². The number of hydrogen-bond donors (Lipinski definition) is 1. The zero-order valence-corrected chi connectivity index (χ0v) is 7.66. The van der Waals surface area contributed by atoms with Crippen molar-refractivity contribution in [2.45, 2.75) is 0 Å². The van der Waals surface area contributed by atoms with Gasteiger partial charge in [0.15, 0.2) is 5.82 Å². The first-order valence-electron chi connectivity index (χ1n) is 4.22. The predicted octanol–water partition coefficient (Wildman–Crippen LogP) is 0.310. The average Bonchev–Trinajstić information content (AvgIpc) is 2.28. The van der Waals surface area contributed by atoms with E-state index in [4.69, 9.17) is 0 Å². The number of nitrogens with zero attached hydrogens (tertiary/aromatic N) is 4. The number of pyridine rings is 1. The zero-order valence-electron chi connectivity index (χ0n) is 7.66. The van der Waals surface area contributed by atoms with Crippen molar-refractivity contribution in [3.8, 4) is 0 Å². The molecule has 0 aliphatic carbocycles. The van der Waals surface area contributed by atoms with Gasteiger partial charge < -0.3 is 0 Å². The first kappa shape index (κ1) is 9.20. The van der Waals surface area contributed by atoms with Gasteiger partial charge in [0.1, 0.15) is 0 Å². The minimum Gasteiger partial charge on any atom is -0.288 e. The fraction of sp³-hybridized carbons (Fsp3) is 0. The summed E-state index contributed by atoms with van der Waals surface area (Å²) in [6.45, 7) is 0. The second kappa shape index (κ2) is 4.23. The van der Waals surface area contributed by atoms with Gasteiger partial charge in [-0.2, -0.15) is 0 Å². The molecular formula is C9H7N5O. The third kappa shape index (κ3) is 2.53.